The summed E-state index contributed by atoms with van der Waals surface area (Å²) in [7, 11) is 0. The average Bonchev–Trinajstić information content (AvgIpc) is 3.05. The van der Waals surface area contributed by atoms with Crippen molar-refractivity contribution in [3.8, 4) is 0 Å². The smallest absolute Gasteiger partial charge is 0.356 e. The van der Waals surface area contributed by atoms with Crippen molar-refractivity contribution in [1.82, 2.24) is 4.98 Å². The topological polar surface area (TPSA) is 79.3 Å². The lowest BCUT2D eigenvalue weighted by Gasteiger charge is -2.15. The molecule has 2 N–H and O–H groups in total. The maximum absolute atomic E-state index is 11.4. The van der Waals surface area contributed by atoms with E-state index in [4.69, 9.17) is 5.11 Å². The van der Waals surface area contributed by atoms with E-state index >= 15 is 0 Å². The number of hydrogen-bond donors (Lipinski definition) is 2. The highest BCUT2D eigenvalue weighted by Crippen LogP contribution is 2.35. The molecule has 1 atom stereocenters. The van der Waals surface area contributed by atoms with Crippen LogP contribution in [0.2, 0.25) is 0 Å². The monoisotopic (exact) mass is 282 g/mol. The molecular weight excluding hydrogens is 264 g/mol. The van der Waals surface area contributed by atoms with Gasteiger partial charge in [-0.05, 0) is 18.8 Å². The van der Waals surface area contributed by atoms with Crippen LogP contribution < -0.4 is 5.32 Å². The molecule has 0 aromatic carbocycles. The van der Waals surface area contributed by atoms with Crippen molar-refractivity contribution in [3.63, 3.8) is 0 Å². The Balaban J connectivity index is 2.12. The molecule has 1 aliphatic rings. The zero-order valence-electron chi connectivity index (χ0n) is 11.1. The van der Waals surface area contributed by atoms with Crippen LogP contribution in [0.5, 0.6) is 0 Å². The summed E-state index contributed by atoms with van der Waals surface area (Å²) in [4.78, 5) is 26.7. The normalized spacial score (nSPS) is 16.1. The van der Waals surface area contributed by atoms with Crippen LogP contribution in [0.3, 0.4) is 0 Å². The van der Waals surface area contributed by atoms with Crippen molar-refractivity contribution in [2.75, 3.05) is 5.32 Å². The number of aromatic nitrogens is 1. The van der Waals surface area contributed by atoms with Gasteiger partial charge >= 0.3 is 5.97 Å². The van der Waals surface area contributed by atoms with Gasteiger partial charge in [-0.2, -0.15) is 0 Å². The highest BCUT2D eigenvalue weighted by Gasteiger charge is 2.26. The molecule has 0 radical (unpaired) electrons. The van der Waals surface area contributed by atoms with Gasteiger partial charge in [-0.25, -0.2) is 9.78 Å². The van der Waals surface area contributed by atoms with E-state index in [9.17, 15) is 9.59 Å². The minimum Gasteiger partial charge on any atom is -0.476 e. The predicted octanol–water partition coefficient (Wildman–Crippen LogP) is 3.03. The third-order valence-electron chi connectivity index (χ3n) is 3.28. The van der Waals surface area contributed by atoms with Crippen molar-refractivity contribution < 1.29 is 14.7 Å². The largest absolute Gasteiger partial charge is 0.476 e. The number of carboxylic acid groups (broad SMARTS) is 1. The van der Waals surface area contributed by atoms with Gasteiger partial charge in [0.25, 0.3) is 0 Å². The molecule has 1 aromatic rings. The van der Waals surface area contributed by atoms with Gasteiger partial charge in [0, 0.05) is 13.0 Å². The molecule has 0 saturated heterocycles. The van der Waals surface area contributed by atoms with Crippen LogP contribution in [-0.4, -0.2) is 27.9 Å². The number of rotatable bonds is 7. The SMILES string of the molecule is CCC(CC1CC1)Nc1nc(C(=O)O)c(C(C)=O)s1. The molecule has 6 heteroatoms. The Hall–Kier alpha value is -1.43. The van der Waals surface area contributed by atoms with Gasteiger partial charge in [-0.1, -0.05) is 31.1 Å². The first kappa shape index (κ1) is 14.0. The molecular formula is C13H18N2O3S. The number of aromatic carboxylic acids is 1. The van der Waals surface area contributed by atoms with Gasteiger partial charge in [0.1, 0.15) is 4.88 Å². The molecule has 5 nitrogen and oxygen atoms in total. The Labute approximate surface area is 116 Å². The second-order valence-corrected chi connectivity index (χ2v) is 5.99. The highest BCUT2D eigenvalue weighted by atomic mass is 32.1. The standard InChI is InChI=1S/C13H18N2O3S/c1-3-9(6-8-4-5-8)14-13-15-10(12(17)18)11(19-13)7(2)16/h8-9H,3-6H2,1-2H3,(H,14,15)(H,17,18). The minimum absolute atomic E-state index is 0.138. The van der Waals surface area contributed by atoms with Gasteiger partial charge in [-0.3, -0.25) is 4.79 Å². The molecule has 1 heterocycles. The average molecular weight is 282 g/mol. The van der Waals surface area contributed by atoms with Crippen LogP contribution in [0.4, 0.5) is 5.13 Å². The lowest BCUT2D eigenvalue weighted by Crippen LogP contribution is -2.19. The summed E-state index contributed by atoms with van der Waals surface area (Å²) >= 11 is 1.13. The molecule has 1 saturated carbocycles. The zero-order chi connectivity index (χ0) is 14.0. The molecule has 2 rings (SSSR count). The minimum atomic E-state index is -1.15. The van der Waals surface area contributed by atoms with E-state index < -0.39 is 5.97 Å². The summed E-state index contributed by atoms with van der Waals surface area (Å²) in [5.41, 5.74) is -0.138. The Kier molecular flexibility index (Phi) is 4.19. The third kappa shape index (κ3) is 3.53. The van der Waals surface area contributed by atoms with Gasteiger partial charge in [0.15, 0.2) is 16.6 Å². The number of nitrogens with one attached hydrogen (secondary N) is 1. The van der Waals surface area contributed by atoms with Crippen molar-refractivity contribution >= 4 is 28.2 Å². The molecule has 0 aliphatic heterocycles. The molecule has 19 heavy (non-hydrogen) atoms. The Morgan fingerprint density at radius 2 is 2.21 bits per heavy atom. The number of Topliss-reactive ketones (excluding diaryl/α,β-unsaturated/α-hetero) is 1. The molecule has 1 fully saturated rings. The number of carbonyl (C=O) groups is 2. The Bertz CT molecular complexity index is 463. The van der Waals surface area contributed by atoms with Crippen molar-refractivity contribution in [2.45, 2.75) is 45.6 Å². The Morgan fingerprint density at radius 3 is 2.63 bits per heavy atom. The molecule has 0 amide bonds. The van der Waals surface area contributed by atoms with Gasteiger partial charge in [-0.15, -0.1) is 0 Å². The first-order valence-corrected chi connectivity index (χ1v) is 7.34. The van der Waals surface area contributed by atoms with Gasteiger partial charge in [0.05, 0.1) is 0 Å². The number of ketones is 1. The quantitative estimate of drug-likeness (QED) is 0.751. The first-order valence-electron chi connectivity index (χ1n) is 6.52. The van der Waals surface area contributed by atoms with E-state index in [-0.39, 0.29) is 16.4 Å². The second-order valence-electron chi connectivity index (χ2n) is 4.99. The van der Waals surface area contributed by atoms with E-state index in [1.165, 1.54) is 19.8 Å². The molecule has 1 aromatic heterocycles. The number of thiazole rings is 1. The van der Waals surface area contributed by atoms with E-state index in [2.05, 4.69) is 17.2 Å². The van der Waals surface area contributed by atoms with Crippen LogP contribution in [-0.2, 0) is 0 Å². The summed E-state index contributed by atoms with van der Waals surface area (Å²) in [5.74, 6) is -0.605. The van der Waals surface area contributed by atoms with Crippen molar-refractivity contribution in [2.24, 2.45) is 5.92 Å². The number of anilines is 1. The van der Waals surface area contributed by atoms with E-state index in [0.717, 1.165) is 30.1 Å². The fraction of sp³-hybridized carbons (Fsp3) is 0.615. The van der Waals surface area contributed by atoms with Crippen LogP contribution in [0, 0.1) is 5.92 Å². The van der Waals surface area contributed by atoms with Crippen molar-refractivity contribution in [1.29, 1.82) is 0 Å². The number of hydrogen-bond acceptors (Lipinski definition) is 5. The maximum Gasteiger partial charge on any atom is 0.356 e. The summed E-state index contributed by atoms with van der Waals surface area (Å²) in [6.45, 7) is 3.46. The number of carboxylic acids is 1. The molecule has 1 aliphatic carbocycles. The fourth-order valence-corrected chi connectivity index (χ4v) is 2.95. The Morgan fingerprint density at radius 1 is 1.53 bits per heavy atom. The van der Waals surface area contributed by atoms with E-state index in [1.54, 1.807) is 0 Å². The molecule has 104 valence electrons. The molecule has 1 unspecified atom stereocenters. The summed E-state index contributed by atoms with van der Waals surface area (Å²) in [6, 6.07) is 0.306. The van der Waals surface area contributed by atoms with Gasteiger partial charge in [0.2, 0.25) is 0 Å². The number of carbonyl (C=O) groups excluding carboxylic acids is 1. The predicted molar refractivity (Wildman–Crippen MR) is 74.1 cm³/mol. The summed E-state index contributed by atoms with van der Waals surface area (Å²) in [6.07, 6.45) is 4.63. The van der Waals surface area contributed by atoms with Crippen LogP contribution >= 0.6 is 11.3 Å². The fourth-order valence-electron chi connectivity index (χ4n) is 2.02. The van der Waals surface area contributed by atoms with Crippen LogP contribution in [0.15, 0.2) is 0 Å². The van der Waals surface area contributed by atoms with Crippen LogP contribution in [0.1, 0.15) is 59.7 Å². The second kappa shape index (κ2) is 5.69. The zero-order valence-corrected chi connectivity index (χ0v) is 11.9. The van der Waals surface area contributed by atoms with E-state index in [0.29, 0.717) is 11.2 Å². The first-order chi connectivity index (χ1) is 9.01. The summed E-state index contributed by atoms with van der Waals surface area (Å²) in [5, 5.41) is 12.8. The molecule has 0 spiro atoms. The summed E-state index contributed by atoms with van der Waals surface area (Å²) < 4.78 is 0. The van der Waals surface area contributed by atoms with Crippen LogP contribution in [0.25, 0.3) is 0 Å². The lowest BCUT2D eigenvalue weighted by molar-refractivity contribution is 0.0687. The van der Waals surface area contributed by atoms with Crippen molar-refractivity contribution in [3.05, 3.63) is 10.6 Å². The highest BCUT2D eigenvalue weighted by molar-refractivity contribution is 7.17. The maximum atomic E-state index is 11.4. The third-order valence-corrected chi connectivity index (χ3v) is 4.37. The van der Waals surface area contributed by atoms with E-state index in [1.807, 2.05) is 0 Å². The molecule has 0 bridgehead atoms. The number of nitrogens with zero attached hydrogens (tertiary/aromatic N) is 1. The van der Waals surface area contributed by atoms with Gasteiger partial charge < -0.3 is 10.4 Å². The lowest BCUT2D eigenvalue weighted by atomic mass is 10.1.